The monoisotopic (exact) mass is 474 g/mol. The molecule has 3 atom stereocenters. The van der Waals surface area contributed by atoms with E-state index in [0.29, 0.717) is 40.9 Å². The minimum absolute atomic E-state index is 0.0604. The first kappa shape index (κ1) is 24.8. The van der Waals surface area contributed by atoms with Crippen LogP contribution in [0.25, 0.3) is 0 Å². The molecule has 2 aromatic rings. The van der Waals surface area contributed by atoms with Crippen molar-refractivity contribution in [2.45, 2.75) is 26.0 Å². The summed E-state index contributed by atoms with van der Waals surface area (Å²) in [5.41, 5.74) is 1.41. The second kappa shape index (κ2) is 11.4. The molecule has 2 aromatic carbocycles. The van der Waals surface area contributed by atoms with Crippen molar-refractivity contribution < 1.29 is 19.1 Å². The van der Waals surface area contributed by atoms with E-state index < -0.39 is 6.03 Å². The van der Waals surface area contributed by atoms with Crippen LogP contribution in [0.2, 0.25) is 5.02 Å². The Morgan fingerprint density at radius 3 is 2.70 bits per heavy atom. The molecule has 1 heterocycles. The molecule has 3 amide bonds. The van der Waals surface area contributed by atoms with Crippen molar-refractivity contribution in [3.05, 3.63) is 53.1 Å². The van der Waals surface area contributed by atoms with E-state index in [0.717, 1.165) is 6.54 Å². The smallest absolute Gasteiger partial charge is 0.323 e. The molecule has 1 aliphatic rings. The van der Waals surface area contributed by atoms with E-state index in [1.165, 1.54) is 0 Å². The molecule has 0 unspecified atom stereocenters. The zero-order valence-electron chi connectivity index (χ0n) is 19.4. The number of benzene rings is 2. The number of urea groups is 1. The summed E-state index contributed by atoms with van der Waals surface area (Å²) in [6, 6.07) is 11.6. The van der Waals surface area contributed by atoms with Gasteiger partial charge in [-0.1, -0.05) is 30.7 Å². The first-order chi connectivity index (χ1) is 15.8. The molecule has 0 saturated heterocycles. The van der Waals surface area contributed by atoms with Crippen molar-refractivity contribution in [2.24, 2.45) is 5.92 Å². The number of ether oxygens (including phenoxy) is 2. The van der Waals surface area contributed by atoms with Crippen LogP contribution >= 0.6 is 11.6 Å². The van der Waals surface area contributed by atoms with Gasteiger partial charge < -0.3 is 30.3 Å². The predicted molar refractivity (Wildman–Crippen MR) is 130 cm³/mol. The lowest BCUT2D eigenvalue weighted by Gasteiger charge is -2.30. The predicted octanol–water partition coefficient (Wildman–Crippen LogP) is 4.08. The number of likely N-dealkylation sites (N-methyl/N-ethyl adjacent to an activating group) is 1. The van der Waals surface area contributed by atoms with E-state index in [1.54, 1.807) is 61.5 Å². The van der Waals surface area contributed by atoms with E-state index in [9.17, 15) is 9.59 Å². The highest BCUT2D eigenvalue weighted by Gasteiger charge is 2.25. The summed E-state index contributed by atoms with van der Waals surface area (Å²) in [6.45, 7) is 5.67. The second-order valence-electron chi connectivity index (χ2n) is 8.33. The molecular weight excluding hydrogens is 444 g/mol. The summed E-state index contributed by atoms with van der Waals surface area (Å²) in [5.74, 6) is 0.445. The summed E-state index contributed by atoms with van der Waals surface area (Å²) in [5, 5.41) is 9.36. The third-order valence-corrected chi connectivity index (χ3v) is 5.94. The number of carbonyl (C=O) groups is 2. The number of hydrogen-bond acceptors (Lipinski definition) is 5. The van der Waals surface area contributed by atoms with Crippen LogP contribution in [0, 0.1) is 5.92 Å². The molecule has 9 heteroatoms. The average Bonchev–Trinajstić information content (AvgIpc) is 2.80. The lowest BCUT2D eigenvalue weighted by Crippen LogP contribution is -2.44. The van der Waals surface area contributed by atoms with E-state index in [2.05, 4.69) is 22.9 Å². The number of amides is 3. The topological polar surface area (TPSA) is 91.9 Å². The Kier molecular flexibility index (Phi) is 8.55. The molecule has 8 nitrogen and oxygen atoms in total. The molecule has 0 spiro atoms. The highest BCUT2D eigenvalue weighted by Crippen LogP contribution is 2.27. The number of carbonyl (C=O) groups excluding carboxylic acids is 2. The van der Waals surface area contributed by atoms with E-state index in [-0.39, 0.29) is 24.0 Å². The molecule has 33 heavy (non-hydrogen) atoms. The highest BCUT2D eigenvalue weighted by atomic mass is 35.5. The lowest BCUT2D eigenvalue weighted by molar-refractivity contribution is 0.0281. The molecule has 0 saturated carbocycles. The van der Waals surface area contributed by atoms with Crippen LogP contribution in [-0.2, 0) is 4.74 Å². The maximum Gasteiger partial charge on any atom is 0.323 e. The van der Waals surface area contributed by atoms with Gasteiger partial charge in [0.2, 0.25) is 0 Å². The zero-order chi connectivity index (χ0) is 24.0. The van der Waals surface area contributed by atoms with Gasteiger partial charge in [0, 0.05) is 45.0 Å². The molecular formula is C24H31ClN4O4. The fraction of sp³-hybridized carbons (Fsp3) is 0.417. The van der Waals surface area contributed by atoms with Gasteiger partial charge in [-0.05, 0) is 37.1 Å². The Hall–Kier alpha value is -2.81. The van der Waals surface area contributed by atoms with Crippen molar-refractivity contribution in [1.29, 1.82) is 0 Å². The number of para-hydroxylation sites is 1. The third-order valence-electron chi connectivity index (χ3n) is 5.61. The van der Waals surface area contributed by atoms with Gasteiger partial charge in [0.1, 0.15) is 12.4 Å². The van der Waals surface area contributed by atoms with Crippen LogP contribution < -0.4 is 20.7 Å². The fourth-order valence-corrected chi connectivity index (χ4v) is 3.76. The number of hydrogen-bond donors (Lipinski definition) is 3. The summed E-state index contributed by atoms with van der Waals surface area (Å²) in [4.78, 5) is 27.3. The normalized spacial score (nSPS) is 21.8. The summed E-state index contributed by atoms with van der Waals surface area (Å²) in [6.07, 6.45) is -0.100. The molecule has 178 valence electrons. The van der Waals surface area contributed by atoms with E-state index in [4.69, 9.17) is 21.1 Å². The van der Waals surface area contributed by atoms with Gasteiger partial charge in [-0.15, -0.1) is 0 Å². The van der Waals surface area contributed by atoms with Gasteiger partial charge in [0.05, 0.1) is 22.4 Å². The van der Waals surface area contributed by atoms with Gasteiger partial charge in [0.25, 0.3) is 5.91 Å². The minimum atomic E-state index is -0.452. The Morgan fingerprint density at radius 2 is 1.97 bits per heavy atom. The van der Waals surface area contributed by atoms with E-state index in [1.807, 2.05) is 6.92 Å². The van der Waals surface area contributed by atoms with Crippen LogP contribution in [-0.4, -0.2) is 62.8 Å². The standard InChI is InChI=1S/C24H31ClN4O4/c1-15-12-26-16(2)14-33-21-11-17(27-24(31)28-20-8-6-5-7-19(20)25)9-10-18(21)23(30)29(3)13-22(15)32-4/h5-11,15-16,22,26H,12-14H2,1-4H3,(H2,27,28,31)/t15-,16-,22+/m0/s1. The number of methoxy groups -OCH3 is 1. The number of halogens is 1. The molecule has 1 aliphatic heterocycles. The Balaban J connectivity index is 1.81. The molecule has 0 aromatic heterocycles. The van der Waals surface area contributed by atoms with Gasteiger partial charge >= 0.3 is 6.03 Å². The van der Waals surface area contributed by atoms with Crippen LogP contribution in [0.15, 0.2) is 42.5 Å². The molecule has 0 bridgehead atoms. The van der Waals surface area contributed by atoms with Gasteiger partial charge in [-0.3, -0.25) is 4.79 Å². The maximum atomic E-state index is 13.2. The molecule has 0 radical (unpaired) electrons. The Bertz CT molecular complexity index is 987. The molecule has 3 N–H and O–H groups in total. The molecule has 3 rings (SSSR count). The van der Waals surface area contributed by atoms with Gasteiger partial charge in [0.15, 0.2) is 0 Å². The maximum absolute atomic E-state index is 13.2. The van der Waals surface area contributed by atoms with Crippen molar-refractivity contribution in [3.63, 3.8) is 0 Å². The van der Waals surface area contributed by atoms with Crippen molar-refractivity contribution >= 4 is 34.9 Å². The largest absolute Gasteiger partial charge is 0.491 e. The summed E-state index contributed by atoms with van der Waals surface area (Å²) < 4.78 is 11.6. The fourth-order valence-electron chi connectivity index (χ4n) is 3.58. The second-order valence-corrected chi connectivity index (χ2v) is 8.73. The molecule has 0 fully saturated rings. The number of anilines is 2. The van der Waals surface area contributed by atoms with Crippen molar-refractivity contribution in [1.82, 2.24) is 10.2 Å². The van der Waals surface area contributed by atoms with Gasteiger partial charge in [-0.25, -0.2) is 4.79 Å². The van der Waals surface area contributed by atoms with Crippen LogP contribution in [0.4, 0.5) is 16.2 Å². The zero-order valence-corrected chi connectivity index (χ0v) is 20.1. The number of nitrogens with one attached hydrogen (secondary N) is 3. The van der Waals surface area contributed by atoms with Crippen molar-refractivity contribution in [2.75, 3.05) is 44.5 Å². The number of nitrogens with zero attached hydrogens (tertiary/aromatic N) is 1. The minimum Gasteiger partial charge on any atom is -0.491 e. The van der Waals surface area contributed by atoms with Crippen molar-refractivity contribution in [3.8, 4) is 5.75 Å². The van der Waals surface area contributed by atoms with Crippen LogP contribution in [0.1, 0.15) is 24.2 Å². The number of rotatable bonds is 3. The van der Waals surface area contributed by atoms with E-state index >= 15 is 0 Å². The van der Waals surface area contributed by atoms with Crippen LogP contribution in [0.3, 0.4) is 0 Å². The quantitative estimate of drug-likeness (QED) is 0.623. The Morgan fingerprint density at radius 1 is 1.21 bits per heavy atom. The van der Waals surface area contributed by atoms with Gasteiger partial charge in [-0.2, -0.15) is 0 Å². The lowest BCUT2D eigenvalue weighted by atomic mass is 10.0. The Labute approximate surface area is 199 Å². The summed E-state index contributed by atoms with van der Waals surface area (Å²) >= 11 is 6.11. The SMILES string of the molecule is CO[C@@H]1CN(C)C(=O)c2ccc(NC(=O)Nc3ccccc3Cl)cc2OC[C@H](C)NC[C@@H]1C. The summed E-state index contributed by atoms with van der Waals surface area (Å²) in [7, 11) is 3.41. The first-order valence-corrected chi connectivity index (χ1v) is 11.3. The first-order valence-electron chi connectivity index (χ1n) is 10.9. The highest BCUT2D eigenvalue weighted by molar-refractivity contribution is 6.33. The molecule has 0 aliphatic carbocycles. The number of fused-ring (bicyclic) bond motifs is 1. The average molecular weight is 475 g/mol. The third kappa shape index (κ3) is 6.60. The van der Waals surface area contributed by atoms with Crippen LogP contribution in [0.5, 0.6) is 5.75 Å².